The van der Waals surface area contributed by atoms with Gasteiger partial charge in [-0.2, -0.15) is 26.3 Å². The van der Waals surface area contributed by atoms with Crippen molar-refractivity contribution in [3.05, 3.63) is 82.1 Å². The van der Waals surface area contributed by atoms with Gasteiger partial charge in [-0.3, -0.25) is 0 Å². The van der Waals surface area contributed by atoms with Crippen LogP contribution in [0.25, 0.3) is 0 Å². The number of halogens is 6. The molecule has 1 unspecified atom stereocenters. The largest absolute Gasteiger partial charge is 0.466 e. The van der Waals surface area contributed by atoms with Gasteiger partial charge in [-0.05, 0) is 30.2 Å². The topological polar surface area (TPSA) is 53.9 Å². The molecule has 0 amide bonds. The van der Waals surface area contributed by atoms with Crippen LogP contribution in [-0.2, 0) is 28.4 Å². The molecule has 1 aliphatic rings. The fourth-order valence-electron chi connectivity index (χ4n) is 3.71. The highest BCUT2D eigenvalue weighted by Crippen LogP contribution is 2.39. The van der Waals surface area contributed by atoms with Crippen molar-refractivity contribution in [3.8, 4) is 0 Å². The summed E-state index contributed by atoms with van der Waals surface area (Å²) in [5.41, 5.74) is -2.00. The van der Waals surface area contributed by atoms with E-state index < -0.39 is 42.0 Å². The van der Waals surface area contributed by atoms with Gasteiger partial charge >= 0.3 is 18.3 Å². The molecule has 0 saturated heterocycles. The van der Waals surface area contributed by atoms with E-state index in [1.807, 2.05) is 0 Å². The number of benzene rings is 2. The molecule has 0 fully saturated rings. The fourth-order valence-corrected chi connectivity index (χ4v) is 3.71. The van der Waals surface area contributed by atoms with Crippen LogP contribution in [0.3, 0.4) is 0 Å². The minimum atomic E-state index is -4.71. The summed E-state index contributed by atoms with van der Waals surface area (Å²) in [7, 11) is 2.60. The van der Waals surface area contributed by atoms with Crippen molar-refractivity contribution in [1.82, 2.24) is 10.2 Å². The van der Waals surface area contributed by atoms with E-state index in [1.54, 1.807) is 0 Å². The zero-order valence-corrected chi connectivity index (χ0v) is 18.4. The zero-order valence-electron chi connectivity index (χ0n) is 18.4. The number of methoxy groups -OCH3 is 1. The molecule has 1 aliphatic heterocycles. The van der Waals surface area contributed by atoms with Crippen LogP contribution in [0.2, 0.25) is 0 Å². The first-order chi connectivity index (χ1) is 15.9. The number of hydrogen-bond acceptors (Lipinski definition) is 3. The molecule has 0 aromatic heterocycles. The summed E-state index contributed by atoms with van der Waals surface area (Å²) in [5, 5.41) is 2.79. The van der Waals surface area contributed by atoms with Gasteiger partial charge in [0, 0.05) is 12.7 Å². The molecule has 1 atom stereocenters. The van der Waals surface area contributed by atoms with E-state index in [1.165, 1.54) is 55.3 Å². The molecule has 11 heteroatoms. The summed E-state index contributed by atoms with van der Waals surface area (Å²) in [6.45, 7) is 1.10. The average Bonchev–Trinajstić information content (AvgIpc) is 2.78. The van der Waals surface area contributed by atoms with Gasteiger partial charge in [-0.25, -0.2) is 9.79 Å². The van der Waals surface area contributed by atoms with Crippen molar-refractivity contribution in [2.24, 2.45) is 4.99 Å². The Morgan fingerprint density at radius 2 is 1.56 bits per heavy atom. The first-order valence-corrected chi connectivity index (χ1v) is 10.0. The van der Waals surface area contributed by atoms with Gasteiger partial charge in [0.15, 0.2) is 5.96 Å². The second kappa shape index (κ2) is 9.40. The van der Waals surface area contributed by atoms with Gasteiger partial charge in [-0.1, -0.05) is 36.4 Å². The summed E-state index contributed by atoms with van der Waals surface area (Å²) in [5.74, 6) is -0.843. The number of alkyl halides is 6. The van der Waals surface area contributed by atoms with E-state index in [-0.39, 0.29) is 28.4 Å². The number of ether oxygens (including phenoxy) is 1. The van der Waals surface area contributed by atoms with Crippen LogP contribution in [0.1, 0.15) is 35.2 Å². The highest BCUT2D eigenvalue weighted by atomic mass is 19.4. The third-order valence-electron chi connectivity index (χ3n) is 5.48. The highest BCUT2D eigenvalue weighted by molar-refractivity contribution is 5.96. The number of allylic oxidation sites excluding steroid dienone is 1. The molecular formula is C23H21F6N3O2. The minimum Gasteiger partial charge on any atom is -0.466 e. The molecule has 0 radical (unpaired) electrons. The molecule has 2 aromatic rings. The number of aliphatic imine (C=N–C) groups is 1. The Hall–Kier alpha value is -3.50. The molecule has 1 N–H and O–H groups in total. The smallest absolute Gasteiger partial charge is 0.416 e. The van der Waals surface area contributed by atoms with Gasteiger partial charge in [-0.15, -0.1) is 0 Å². The van der Waals surface area contributed by atoms with Crippen molar-refractivity contribution in [2.75, 3.05) is 14.2 Å². The van der Waals surface area contributed by atoms with Crippen LogP contribution in [0, 0.1) is 0 Å². The molecule has 1 heterocycles. The standard InChI is InChI=1S/C23H21F6N3O2/c1-13-18(20(33)34-3)19(15-9-5-7-11-17(15)23(27,28)29)31-21(32(13)2)30-12-14-8-4-6-10-16(14)22(24,25)26/h4-11,19H,12H2,1-3H3,(H,30,31). The van der Waals surface area contributed by atoms with E-state index >= 15 is 0 Å². The number of nitrogens with one attached hydrogen (secondary N) is 1. The highest BCUT2D eigenvalue weighted by Gasteiger charge is 2.40. The average molecular weight is 485 g/mol. The van der Waals surface area contributed by atoms with Crippen LogP contribution >= 0.6 is 0 Å². The maximum atomic E-state index is 13.7. The Bertz CT molecular complexity index is 1140. The molecule has 2 aromatic carbocycles. The van der Waals surface area contributed by atoms with E-state index in [2.05, 4.69) is 10.3 Å². The number of nitrogens with zero attached hydrogens (tertiary/aromatic N) is 2. The summed E-state index contributed by atoms with van der Waals surface area (Å²) in [4.78, 5) is 18.1. The number of guanidine groups is 1. The molecule has 34 heavy (non-hydrogen) atoms. The lowest BCUT2D eigenvalue weighted by Crippen LogP contribution is -2.47. The van der Waals surface area contributed by atoms with Crippen molar-refractivity contribution in [3.63, 3.8) is 0 Å². The number of rotatable bonds is 4. The maximum absolute atomic E-state index is 13.7. The van der Waals surface area contributed by atoms with Gasteiger partial charge in [0.2, 0.25) is 0 Å². The second-order valence-electron chi connectivity index (χ2n) is 7.51. The van der Waals surface area contributed by atoms with Crippen LogP contribution in [0.15, 0.2) is 64.8 Å². The monoisotopic (exact) mass is 485 g/mol. The van der Waals surface area contributed by atoms with Crippen molar-refractivity contribution in [1.29, 1.82) is 0 Å². The van der Waals surface area contributed by atoms with Crippen LogP contribution in [-0.4, -0.2) is 31.0 Å². The summed E-state index contributed by atoms with van der Waals surface area (Å²) in [6, 6.07) is 8.32. The first kappa shape index (κ1) is 25.1. The molecule has 3 rings (SSSR count). The maximum Gasteiger partial charge on any atom is 0.416 e. The number of carbonyl (C=O) groups is 1. The second-order valence-corrected chi connectivity index (χ2v) is 7.51. The van der Waals surface area contributed by atoms with Crippen LogP contribution in [0.5, 0.6) is 0 Å². The fraction of sp³-hybridized carbons (Fsp3) is 0.304. The Labute approximate surface area is 191 Å². The van der Waals surface area contributed by atoms with Crippen LogP contribution < -0.4 is 5.32 Å². The molecular weight excluding hydrogens is 464 g/mol. The SMILES string of the molecule is COC(=O)C1=C(C)N(C)C(=NCc2ccccc2C(F)(F)F)NC1c1ccccc1C(F)(F)F. The third-order valence-corrected chi connectivity index (χ3v) is 5.48. The quantitative estimate of drug-likeness (QED) is 0.472. The molecule has 0 aliphatic carbocycles. The van der Waals surface area contributed by atoms with Crippen LogP contribution in [0.4, 0.5) is 26.3 Å². The van der Waals surface area contributed by atoms with Gasteiger partial charge < -0.3 is 15.0 Å². The van der Waals surface area contributed by atoms with E-state index in [0.717, 1.165) is 19.2 Å². The lowest BCUT2D eigenvalue weighted by molar-refractivity contribution is -0.140. The summed E-state index contributed by atoms with van der Waals surface area (Å²) >= 11 is 0. The number of esters is 1. The Morgan fingerprint density at radius 1 is 1.00 bits per heavy atom. The molecule has 0 saturated carbocycles. The van der Waals surface area contributed by atoms with Gasteiger partial charge in [0.25, 0.3) is 0 Å². The third kappa shape index (κ3) is 5.02. The van der Waals surface area contributed by atoms with E-state index in [9.17, 15) is 31.1 Å². The van der Waals surface area contributed by atoms with Gasteiger partial charge in [0.1, 0.15) is 0 Å². The lowest BCUT2D eigenvalue weighted by atomic mass is 9.91. The van der Waals surface area contributed by atoms with Crippen molar-refractivity contribution in [2.45, 2.75) is 31.9 Å². The van der Waals surface area contributed by atoms with Crippen molar-refractivity contribution < 1.29 is 35.9 Å². The van der Waals surface area contributed by atoms with E-state index in [4.69, 9.17) is 4.74 Å². The first-order valence-electron chi connectivity index (χ1n) is 10.0. The van der Waals surface area contributed by atoms with E-state index in [0.29, 0.717) is 0 Å². The summed E-state index contributed by atoms with van der Waals surface area (Å²) < 4.78 is 85.9. The zero-order chi connectivity index (χ0) is 25.3. The Morgan fingerprint density at radius 3 is 2.15 bits per heavy atom. The Kier molecular flexibility index (Phi) is 6.94. The molecule has 5 nitrogen and oxygen atoms in total. The molecule has 182 valence electrons. The summed E-state index contributed by atoms with van der Waals surface area (Å²) in [6.07, 6.45) is -9.30. The number of carbonyl (C=O) groups excluding carboxylic acids is 1. The molecule has 0 bridgehead atoms. The predicted octanol–water partition coefficient (Wildman–Crippen LogP) is 5.30. The Balaban J connectivity index is 2.10. The minimum absolute atomic E-state index is 0.00380. The normalized spacial score (nSPS) is 18.2. The van der Waals surface area contributed by atoms with Crippen molar-refractivity contribution >= 4 is 11.9 Å². The lowest BCUT2D eigenvalue weighted by Gasteiger charge is -2.36. The van der Waals surface area contributed by atoms with Gasteiger partial charge in [0.05, 0.1) is 36.4 Å². The molecule has 0 spiro atoms. The number of hydrogen-bond donors (Lipinski definition) is 1. The predicted molar refractivity (Wildman–Crippen MR) is 112 cm³/mol.